The maximum Gasteiger partial charge on any atom is 0.173 e. The van der Waals surface area contributed by atoms with Crippen molar-refractivity contribution in [2.24, 2.45) is 0 Å². The molecule has 0 atom stereocenters. The van der Waals surface area contributed by atoms with Crippen LogP contribution in [0.25, 0.3) is 16.8 Å². The zero-order valence-corrected chi connectivity index (χ0v) is 18.0. The Morgan fingerprint density at radius 1 is 1.03 bits per heavy atom. The van der Waals surface area contributed by atoms with E-state index in [1.165, 1.54) is 11.8 Å². The quantitative estimate of drug-likeness (QED) is 0.227. The van der Waals surface area contributed by atoms with E-state index in [1.807, 2.05) is 79.9 Å². The molecule has 0 fully saturated rings. The highest BCUT2D eigenvalue weighted by Crippen LogP contribution is 2.31. The van der Waals surface area contributed by atoms with Gasteiger partial charge in [-0.25, -0.2) is 9.50 Å². The Balaban J connectivity index is 1.68. The average molecular weight is 422 g/mol. The summed E-state index contributed by atoms with van der Waals surface area (Å²) < 4.78 is 1.83. The lowest BCUT2D eigenvalue weighted by molar-refractivity contribution is 0.102. The minimum absolute atomic E-state index is 0.0967. The van der Waals surface area contributed by atoms with Crippen molar-refractivity contribution < 1.29 is 4.79 Å². The van der Waals surface area contributed by atoms with Crippen molar-refractivity contribution in [2.45, 2.75) is 25.8 Å². The number of hydrogen-bond acceptors (Lipinski definition) is 4. The van der Waals surface area contributed by atoms with Crippen molar-refractivity contribution in [1.82, 2.24) is 14.6 Å². The summed E-state index contributed by atoms with van der Waals surface area (Å²) in [4.78, 5) is 17.3. The minimum atomic E-state index is 0.0967. The molecule has 0 unspecified atom stereocenters. The van der Waals surface area contributed by atoms with Gasteiger partial charge < -0.3 is 0 Å². The third-order valence-corrected chi connectivity index (χ3v) is 5.96. The highest BCUT2D eigenvalue weighted by Gasteiger charge is 2.17. The molecule has 2 aromatic carbocycles. The number of Topliss-reactive ketones (excluding diaryl/α,β-unsaturated/α-hetero) is 1. The van der Waals surface area contributed by atoms with Crippen LogP contribution in [0.15, 0.2) is 59.6 Å². The molecule has 0 bridgehead atoms. The summed E-state index contributed by atoms with van der Waals surface area (Å²) >= 11 is 7.52. The summed E-state index contributed by atoms with van der Waals surface area (Å²) in [5.41, 5.74) is 6.43. The van der Waals surface area contributed by atoms with Crippen LogP contribution in [0.2, 0.25) is 5.02 Å². The molecule has 0 saturated heterocycles. The fraction of sp³-hybridized carbons (Fsp3) is 0.174. The van der Waals surface area contributed by atoms with Crippen LogP contribution in [0, 0.1) is 20.8 Å². The maximum absolute atomic E-state index is 12.6. The number of nitrogens with zero attached hydrogens (tertiary/aromatic N) is 3. The summed E-state index contributed by atoms with van der Waals surface area (Å²) in [6.07, 6.45) is 0. The Kier molecular flexibility index (Phi) is 5.43. The Labute approximate surface area is 178 Å². The van der Waals surface area contributed by atoms with Crippen molar-refractivity contribution in [3.05, 3.63) is 82.1 Å². The number of halogens is 1. The number of carbonyl (C=O) groups is 1. The molecule has 0 spiro atoms. The van der Waals surface area contributed by atoms with Crippen LogP contribution in [-0.4, -0.2) is 26.1 Å². The number of carbonyl (C=O) groups excluding carboxylic acids is 1. The predicted octanol–water partition coefficient (Wildman–Crippen LogP) is 5.95. The van der Waals surface area contributed by atoms with Crippen LogP contribution in [0.4, 0.5) is 0 Å². The van der Waals surface area contributed by atoms with Gasteiger partial charge in [-0.1, -0.05) is 65.3 Å². The monoisotopic (exact) mass is 421 g/mol. The van der Waals surface area contributed by atoms with E-state index in [0.717, 1.165) is 44.3 Å². The van der Waals surface area contributed by atoms with Gasteiger partial charge in [-0.05, 0) is 44.5 Å². The number of ketones is 1. The standard InChI is InChI=1S/C23H20ClN3OS/c1-14-4-6-17(7-5-14)20(28)13-29-21-12-15(2)25-23-22(16(3)26-27(21)23)18-8-10-19(24)11-9-18/h4-12H,13H2,1-3H3. The van der Waals surface area contributed by atoms with Crippen molar-refractivity contribution >= 4 is 34.8 Å². The number of benzene rings is 2. The zero-order chi connectivity index (χ0) is 20.5. The number of aryl methyl sites for hydroxylation is 3. The van der Waals surface area contributed by atoms with Crippen LogP contribution in [0.5, 0.6) is 0 Å². The fourth-order valence-corrected chi connectivity index (χ4v) is 4.31. The van der Waals surface area contributed by atoms with Gasteiger partial charge in [-0.15, -0.1) is 0 Å². The van der Waals surface area contributed by atoms with Crippen LogP contribution < -0.4 is 0 Å². The molecule has 4 aromatic rings. The Bertz CT molecular complexity index is 1200. The number of rotatable bonds is 5. The third-order valence-electron chi connectivity index (χ3n) is 4.72. The molecular weight excluding hydrogens is 402 g/mol. The van der Waals surface area contributed by atoms with E-state index in [1.54, 1.807) is 0 Å². The largest absolute Gasteiger partial charge is 0.293 e. The second-order valence-corrected chi connectivity index (χ2v) is 8.45. The summed E-state index contributed by atoms with van der Waals surface area (Å²) in [6.45, 7) is 5.94. The van der Waals surface area contributed by atoms with Gasteiger partial charge in [0.05, 0.1) is 11.4 Å². The SMILES string of the molecule is Cc1ccc(C(=O)CSc2cc(C)nc3c(-c4ccc(Cl)cc4)c(C)nn23)cc1. The highest BCUT2D eigenvalue weighted by molar-refractivity contribution is 7.99. The molecule has 2 aromatic heterocycles. The van der Waals surface area contributed by atoms with Crippen LogP contribution in [0.3, 0.4) is 0 Å². The van der Waals surface area contributed by atoms with E-state index in [0.29, 0.717) is 10.8 Å². The van der Waals surface area contributed by atoms with Gasteiger partial charge in [0.1, 0.15) is 5.03 Å². The Hall–Kier alpha value is -2.63. The van der Waals surface area contributed by atoms with Gasteiger partial charge in [0.25, 0.3) is 0 Å². The molecule has 0 N–H and O–H groups in total. The first-order chi connectivity index (χ1) is 13.9. The molecule has 0 aliphatic carbocycles. The topological polar surface area (TPSA) is 47.3 Å². The zero-order valence-electron chi connectivity index (χ0n) is 16.4. The normalized spacial score (nSPS) is 11.2. The summed E-state index contributed by atoms with van der Waals surface area (Å²) in [5.74, 6) is 0.441. The smallest absolute Gasteiger partial charge is 0.173 e. The van der Waals surface area contributed by atoms with E-state index in [-0.39, 0.29) is 5.78 Å². The number of fused-ring (bicyclic) bond motifs is 1. The first-order valence-corrected chi connectivity index (χ1v) is 10.6. The molecule has 6 heteroatoms. The van der Waals surface area contributed by atoms with Gasteiger partial charge in [0.15, 0.2) is 11.4 Å². The lowest BCUT2D eigenvalue weighted by atomic mass is 10.1. The van der Waals surface area contributed by atoms with E-state index in [9.17, 15) is 4.79 Å². The summed E-state index contributed by atoms with van der Waals surface area (Å²) in [6, 6.07) is 17.3. The van der Waals surface area contributed by atoms with E-state index in [2.05, 4.69) is 0 Å². The maximum atomic E-state index is 12.6. The molecule has 0 amide bonds. The molecule has 0 radical (unpaired) electrons. The van der Waals surface area contributed by atoms with E-state index in [4.69, 9.17) is 21.7 Å². The van der Waals surface area contributed by atoms with Crippen LogP contribution in [0.1, 0.15) is 27.3 Å². The number of thioether (sulfide) groups is 1. The van der Waals surface area contributed by atoms with Crippen molar-refractivity contribution in [3.8, 4) is 11.1 Å². The lowest BCUT2D eigenvalue weighted by Gasteiger charge is -2.07. The first kappa shape index (κ1) is 19.7. The second kappa shape index (κ2) is 8.01. The third kappa shape index (κ3) is 4.07. The minimum Gasteiger partial charge on any atom is -0.293 e. The second-order valence-electron chi connectivity index (χ2n) is 7.02. The summed E-state index contributed by atoms with van der Waals surface area (Å²) in [5, 5.41) is 6.30. The Morgan fingerprint density at radius 3 is 2.41 bits per heavy atom. The molecule has 29 heavy (non-hydrogen) atoms. The fourth-order valence-electron chi connectivity index (χ4n) is 3.23. The van der Waals surface area contributed by atoms with E-state index >= 15 is 0 Å². The predicted molar refractivity (Wildman–Crippen MR) is 119 cm³/mol. The molecule has 0 aliphatic heterocycles. The van der Waals surface area contributed by atoms with Gasteiger partial charge in [-0.3, -0.25) is 4.79 Å². The molecule has 0 saturated carbocycles. The number of aromatic nitrogens is 3. The van der Waals surface area contributed by atoms with Gasteiger partial charge in [0.2, 0.25) is 0 Å². The molecular formula is C23H20ClN3OS. The molecule has 4 rings (SSSR count). The van der Waals surface area contributed by atoms with E-state index < -0.39 is 0 Å². The lowest BCUT2D eigenvalue weighted by Crippen LogP contribution is -2.04. The summed E-state index contributed by atoms with van der Waals surface area (Å²) in [7, 11) is 0. The molecule has 0 aliphatic rings. The Morgan fingerprint density at radius 2 is 1.72 bits per heavy atom. The van der Waals surface area contributed by atoms with Crippen LogP contribution >= 0.6 is 23.4 Å². The molecule has 2 heterocycles. The number of hydrogen-bond donors (Lipinski definition) is 0. The average Bonchev–Trinajstić information content (AvgIpc) is 3.03. The van der Waals surface area contributed by atoms with Crippen LogP contribution in [-0.2, 0) is 0 Å². The van der Waals surface area contributed by atoms with Crippen molar-refractivity contribution in [3.63, 3.8) is 0 Å². The van der Waals surface area contributed by atoms with Crippen molar-refractivity contribution in [1.29, 1.82) is 0 Å². The van der Waals surface area contributed by atoms with Gasteiger partial charge in [-0.2, -0.15) is 5.10 Å². The highest BCUT2D eigenvalue weighted by atomic mass is 35.5. The van der Waals surface area contributed by atoms with Gasteiger partial charge in [0, 0.05) is 21.8 Å². The molecule has 146 valence electrons. The molecule has 4 nitrogen and oxygen atoms in total. The van der Waals surface area contributed by atoms with Crippen molar-refractivity contribution in [2.75, 3.05) is 5.75 Å². The first-order valence-electron chi connectivity index (χ1n) is 9.28. The van der Waals surface area contributed by atoms with Gasteiger partial charge >= 0.3 is 0 Å².